The van der Waals surface area contributed by atoms with E-state index in [-0.39, 0.29) is 22.4 Å². The molecule has 3 rings (SSSR count). The van der Waals surface area contributed by atoms with Crippen molar-refractivity contribution in [2.75, 3.05) is 13.2 Å². The fourth-order valence-electron chi connectivity index (χ4n) is 2.41. The van der Waals surface area contributed by atoms with Crippen molar-refractivity contribution in [1.29, 1.82) is 0 Å². The van der Waals surface area contributed by atoms with Crippen molar-refractivity contribution in [3.05, 3.63) is 68.6 Å². The predicted molar refractivity (Wildman–Crippen MR) is 107 cm³/mol. The number of hydrogen-bond acceptors (Lipinski definition) is 7. The number of non-ortho nitro benzene ring substituents is 1. The van der Waals surface area contributed by atoms with Crippen molar-refractivity contribution in [3.63, 3.8) is 0 Å². The number of nitro benzene ring substituents is 1. The molecule has 2 aromatic carbocycles. The summed E-state index contributed by atoms with van der Waals surface area (Å²) < 4.78 is 11.3. The lowest BCUT2D eigenvalue weighted by Gasteiger charge is -2.11. The largest absolute Gasteiger partial charge is 0.490 e. The Balaban J connectivity index is 1.71. The maximum atomic E-state index is 11.8. The second-order valence-electron chi connectivity index (χ2n) is 5.86. The number of hydrogen-bond donors (Lipinski definition) is 1. The molecule has 0 aliphatic carbocycles. The molecule has 28 heavy (non-hydrogen) atoms. The molecule has 1 aliphatic heterocycles. The van der Waals surface area contributed by atoms with Crippen LogP contribution in [0.15, 0.2) is 52.4 Å². The quantitative estimate of drug-likeness (QED) is 0.328. The van der Waals surface area contributed by atoms with E-state index < -0.39 is 10.8 Å². The van der Waals surface area contributed by atoms with Crippen LogP contribution in [0.2, 0.25) is 0 Å². The highest BCUT2D eigenvalue weighted by Crippen LogP contribution is 2.31. The second kappa shape index (κ2) is 8.57. The number of rotatable bonds is 7. The first kappa shape index (κ1) is 19.4. The Bertz CT molecular complexity index is 970. The molecular weight excluding hydrogens is 382 g/mol. The van der Waals surface area contributed by atoms with Gasteiger partial charge in [0.05, 0.1) is 9.83 Å². The second-order valence-corrected chi connectivity index (χ2v) is 6.92. The standard InChI is InChI=1S/C19H17N3O5S/c1-12-2-5-15(6-3-12)26-8-9-27-16-7-4-14(22(24)25)10-13(16)11-17-18(23)21-19(20)28-17/h2-7,10-11H,8-9H2,1H3,(H2,20,21,23). The minimum Gasteiger partial charge on any atom is -0.490 e. The highest BCUT2D eigenvalue weighted by Gasteiger charge is 2.21. The summed E-state index contributed by atoms with van der Waals surface area (Å²) in [4.78, 5) is 26.3. The molecule has 1 aliphatic rings. The maximum absolute atomic E-state index is 11.8. The molecule has 8 nitrogen and oxygen atoms in total. The molecule has 2 N–H and O–H groups in total. The van der Waals surface area contributed by atoms with E-state index in [0.29, 0.717) is 17.9 Å². The molecule has 0 atom stereocenters. The lowest BCUT2D eigenvalue weighted by atomic mass is 10.1. The molecule has 0 unspecified atom stereocenters. The maximum Gasteiger partial charge on any atom is 0.286 e. The lowest BCUT2D eigenvalue weighted by Crippen LogP contribution is -2.09. The van der Waals surface area contributed by atoms with Gasteiger partial charge in [0.1, 0.15) is 24.7 Å². The lowest BCUT2D eigenvalue weighted by molar-refractivity contribution is -0.384. The summed E-state index contributed by atoms with van der Waals surface area (Å²) in [5.41, 5.74) is 6.96. The van der Waals surface area contributed by atoms with Crippen LogP contribution in [-0.2, 0) is 4.79 Å². The fourth-order valence-corrected chi connectivity index (χ4v) is 3.08. The smallest absolute Gasteiger partial charge is 0.286 e. The molecule has 0 aromatic heterocycles. The number of nitro groups is 1. The molecule has 0 saturated heterocycles. The molecule has 2 aromatic rings. The highest BCUT2D eigenvalue weighted by molar-refractivity contribution is 8.18. The van der Waals surface area contributed by atoms with Gasteiger partial charge in [-0.15, -0.1) is 0 Å². The normalized spacial score (nSPS) is 14.8. The van der Waals surface area contributed by atoms with Crippen molar-refractivity contribution in [2.45, 2.75) is 6.92 Å². The Kier molecular flexibility index (Phi) is 5.95. The predicted octanol–water partition coefficient (Wildman–Crippen LogP) is 3.29. The van der Waals surface area contributed by atoms with E-state index in [9.17, 15) is 14.9 Å². The molecule has 144 valence electrons. The number of thioether (sulfide) groups is 1. The zero-order valence-corrected chi connectivity index (χ0v) is 15.8. The Morgan fingerprint density at radius 1 is 1.18 bits per heavy atom. The average Bonchev–Trinajstić information content (AvgIpc) is 2.98. The van der Waals surface area contributed by atoms with Crippen LogP contribution in [0.5, 0.6) is 11.5 Å². The minimum atomic E-state index is -0.513. The summed E-state index contributed by atoms with van der Waals surface area (Å²) in [5.74, 6) is 0.632. The Morgan fingerprint density at radius 3 is 2.54 bits per heavy atom. The summed E-state index contributed by atoms with van der Waals surface area (Å²) in [5, 5.41) is 11.2. The third-order valence-electron chi connectivity index (χ3n) is 3.76. The summed E-state index contributed by atoms with van der Waals surface area (Å²) in [6.45, 7) is 2.50. The van der Waals surface area contributed by atoms with Crippen LogP contribution in [0.25, 0.3) is 6.08 Å². The van der Waals surface area contributed by atoms with E-state index in [4.69, 9.17) is 15.2 Å². The van der Waals surface area contributed by atoms with Crippen LogP contribution in [0.1, 0.15) is 11.1 Å². The molecule has 0 bridgehead atoms. The van der Waals surface area contributed by atoms with Crippen LogP contribution < -0.4 is 15.2 Å². The molecule has 0 radical (unpaired) electrons. The van der Waals surface area contributed by atoms with Gasteiger partial charge in [0.15, 0.2) is 5.17 Å². The van der Waals surface area contributed by atoms with Crippen LogP contribution in [-0.4, -0.2) is 29.2 Å². The van der Waals surface area contributed by atoms with Gasteiger partial charge in [-0.25, -0.2) is 0 Å². The molecule has 0 saturated carbocycles. The van der Waals surface area contributed by atoms with Gasteiger partial charge in [0.2, 0.25) is 0 Å². The fraction of sp³-hybridized carbons (Fsp3) is 0.158. The van der Waals surface area contributed by atoms with Gasteiger partial charge >= 0.3 is 0 Å². The van der Waals surface area contributed by atoms with Crippen LogP contribution in [0.3, 0.4) is 0 Å². The molecule has 9 heteroatoms. The summed E-state index contributed by atoms with van der Waals surface area (Å²) >= 11 is 1.01. The number of carbonyl (C=O) groups excluding carboxylic acids is 1. The van der Waals surface area contributed by atoms with Gasteiger partial charge < -0.3 is 15.2 Å². The van der Waals surface area contributed by atoms with Crippen molar-refractivity contribution in [2.24, 2.45) is 10.7 Å². The zero-order chi connectivity index (χ0) is 20.1. The molecule has 1 heterocycles. The van der Waals surface area contributed by atoms with Crippen molar-refractivity contribution < 1.29 is 19.2 Å². The van der Waals surface area contributed by atoms with Gasteiger partial charge in [-0.2, -0.15) is 4.99 Å². The van der Waals surface area contributed by atoms with Gasteiger partial charge in [-0.1, -0.05) is 17.7 Å². The van der Waals surface area contributed by atoms with Crippen LogP contribution in [0.4, 0.5) is 5.69 Å². The van der Waals surface area contributed by atoms with Gasteiger partial charge in [-0.3, -0.25) is 14.9 Å². The van der Waals surface area contributed by atoms with E-state index in [1.807, 2.05) is 31.2 Å². The first-order chi connectivity index (χ1) is 13.4. The summed E-state index contributed by atoms with van der Waals surface area (Å²) in [6.07, 6.45) is 1.49. The van der Waals surface area contributed by atoms with Crippen molar-refractivity contribution >= 4 is 34.6 Å². The monoisotopic (exact) mass is 399 g/mol. The van der Waals surface area contributed by atoms with E-state index >= 15 is 0 Å². The van der Waals surface area contributed by atoms with E-state index in [1.54, 1.807) is 0 Å². The number of nitrogens with two attached hydrogens (primary N) is 1. The Morgan fingerprint density at radius 2 is 1.89 bits per heavy atom. The van der Waals surface area contributed by atoms with Gasteiger partial charge in [-0.05, 0) is 43.0 Å². The Labute approximate surface area is 165 Å². The third kappa shape index (κ3) is 4.89. The highest BCUT2D eigenvalue weighted by atomic mass is 32.2. The summed E-state index contributed by atoms with van der Waals surface area (Å²) in [6, 6.07) is 11.8. The first-order valence-corrected chi connectivity index (χ1v) is 9.13. The van der Waals surface area contributed by atoms with Gasteiger partial charge in [0, 0.05) is 17.7 Å². The van der Waals surface area contributed by atoms with E-state index in [0.717, 1.165) is 23.1 Å². The summed E-state index contributed by atoms with van der Waals surface area (Å²) in [7, 11) is 0. The van der Waals surface area contributed by atoms with E-state index in [1.165, 1.54) is 24.3 Å². The number of carbonyl (C=O) groups is 1. The SMILES string of the molecule is Cc1ccc(OCCOc2ccc([N+](=O)[O-])cc2C=C2SC(N)=NC2=O)cc1. The number of nitrogens with zero attached hydrogens (tertiary/aromatic N) is 2. The first-order valence-electron chi connectivity index (χ1n) is 8.31. The number of amidine groups is 1. The molecule has 1 amide bonds. The average molecular weight is 399 g/mol. The third-order valence-corrected chi connectivity index (χ3v) is 4.57. The molecule has 0 fully saturated rings. The number of ether oxygens (including phenoxy) is 2. The molecule has 0 spiro atoms. The number of aryl methyl sites for hydroxylation is 1. The van der Waals surface area contributed by atoms with Gasteiger partial charge in [0.25, 0.3) is 11.6 Å². The minimum absolute atomic E-state index is 0.112. The number of aliphatic imine (C=N–C) groups is 1. The topological polar surface area (TPSA) is 117 Å². The Hall–Kier alpha value is -3.33. The zero-order valence-electron chi connectivity index (χ0n) is 15.0. The number of amides is 1. The van der Waals surface area contributed by atoms with E-state index in [2.05, 4.69) is 4.99 Å². The van der Waals surface area contributed by atoms with Crippen LogP contribution >= 0.6 is 11.8 Å². The molecular formula is C19H17N3O5S. The van der Waals surface area contributed by atoms with Crippen molar-refractivity contribution in [1.82, 2.24) is 0 Å². The van der Waals surface area contributed by atoms with Crippen molar-refractivity contribution in [3.8, 4) is 11.5 Å². The van der Waals surface area contributed by atoms with Crippen LogP contribution in [0, 0.1) is 17.0 Å². The number of benzene rings is 2.